The fourth-order valence-corrected chi connectivity index (χ4v) is 4.11. The quantitative estimate of drug-likeness (QED) is 0.834. The zero-order valence-corrected chi connectivity index (χ0v) is 13.5. The van der Waals surface area contributed by atoms with Crippen LogP contribution in [-0.4, -0.2) is 46.7 Å². The molecule has 0 bridgehead atoms. The van der Waals surface area contributed by atoms with E-state index in [1.807, 2.05) is 18.2 Å². The maximum absolute atomic E-state index is 12.6. The number of benzene rings is 2. The summed E-state index contributed by atoms with van der Waals surface area (Å²) in [5.74, 6) is -0.201. The third kappa shape index (κ3) is 3.61. The van der Waals surface area contributed by atoms with Gasteiger partial charge in [-0.1, -0.05) is 36.4 Å². The Hall–Kier alpha value is -1.44. The van der Waals surface area contributed by atoms with Crippen LogP contribution in [0.1, 0.15) is 0 Å². The lowest BCUT2D eigenvalue weighted by Crippen LogP contribution is -2.31. The summed E-state index contributed by atoms with van der Waals surface area (Å²) in [6, 6.07) is 12.3. The lowest BCUT2D eigenvalue weighted by atomic mass is 10.1. The Kier molecular flexibility index (Phi) is 4.36. The van der Waals surface area contributed by atoms with E-state index in [1.165, 1.54) is 13.1 Å². The molecular weight excluding hydrogens is 310 g/mol. The summed E-state index contributed by atoms with van der Waals surface area (Å²) in [6.45, 7) is -0.0651. The van der Waals surface area contributed by atoms with Crippen LogP contribution in [0.5, 0.6) is 0 Å². The second kappa shape index (κ2) is 5.75. The molecule has 0 amide bonds. The van der Waals surface area contributed by atoms with E-state index < -0.39 is 19.9 Å². The molecule has 0 N–H and O–H groups in total. The van der Waals surface area contributed by atoms with Gasteiger partial charge in [0.05, 0.1) is 10.6 Å². The fraction of sp³-hybridized carbons (Fsp3) is 0.286. The van der Waals surface area contributed by atoms with Crippen molar-refractivity contribution in [3.05, 3.63) is 42.5 Å². The van der Waals surface area contributed by atoms with Crippen LogP contribution in [0.3, 0.4) is 0 Å². The minimum atomic E-state index is -3.72. The molecule has 2 rings (SSSR count). The summed E-state index contributed by atoms with van der Waals surface area (Å²) in [5.41, 5.74) is 0. The van der Waals surface area contributed by atoms with Crippen molar-refractivity contribution in [3.63, 3.8) is 0 Å². The Morgan fingerprint density at radius 2 is 1.57 bits per heavy atom. The highest BCUT2D eigenvalue weighted by Crippen LogP contribution is 2.24. The van der Waals surface area contributed by atoms with Crippen LogP contribution < -0.4 is 0 Å². The van der Waals surface area contributed by atoms with Gasteiger partial charge in [-0.05, 0) is 11.5 Å². The molecule has 0 unspecified atom stereocenters. The molecule has 0 radical (unpaired) electrons. The van der Waals surface area contributed by atoms with E-state index in [-0.39, 0.29) is 17.2 Å². The molecule has 2 aromatic rings. The maximum atomic E-state index is 12.6. The molecule has 0 aliphatic rings. The van der Waals surface area contributed by atoms with E-state index in [9.17, 15) is 16.8 Å². The van der Waals surface area contributed by atoms with Gasteiger partial charge in [0.2, 0.25) is 10.0 Å². The first-order valence-corrected chi connectivity index (χ1v) is 9.84. The third-order valence-corrected chi connectivity index (χ3v) is 6.05. The second-order valence-electron chi connectivity index (χ2n) is 4.93. The van der Waals surface area contributed by atoms with Gasteiger partial charge in [0, 0.05) is 25.2 Å². The monoisotopic (exact) mass is 327 g/mol. The van der Waals surface area contributed by atoms with E-state index >= 15 is 0 Å². The van der Waals surface area contributed by atoms with E-state index in [0.717, 1.165) is 15.9 Å². The third-order valence-electron chi connectivity index (χ3n) is 3.21. The van der Waals surface area contributed by atoms with Gasteiger partial charge in [-0.25, -0.2) is 16.8 Å². The Morgan fingerprint density at radius 3 is 2.24 bits per heavy atom. The van der Waals surface area contributed by atoms with Crippen molar-refractivity contribution in [2.75, 3.05) is 25.6 Å². The van der Waals surface area contributed by atoms with Crippen molar-refractivity contribution in [1.82, 2.24) is 4.31 Å². The van der Waals surface area contributed by atoms with Gasteiger partial charge in [-0.2, -0.15) is 4.31 Å². The molecule has 0 aromatic heterocycles. The van der Waals surface area contributed by atoms with Crippen LogP contribution in [0, 0.1) is 0 Å². The Labute approximate surface area is 125 Å². The van der Waals surface area contributed by atoms with Crippen molar-refractivity contribution in [2.24, 2.45) is 0 Å². The highest BCUT2D eigenvalue weighted by atomic mass is 32.2. The van der Waals surface area contributed by atoms with Gasteiger partial charge in [0.25, 0.3) is 0 Å². The average molecular weight is 327 g/mol. The minimum Gasteiger partial charge on any atom is -0.229 e. The average Bonchev–Trinajstić information content (AvgIpc) is 2.43. The lowest BCUT2D eigenvalue weighted by molar-refractivity contribution is 0.485. The van der Waals surface area contributed by atoms with Crippen LogP contribution in [0.4, 0.5) is 0 Å². The van der Waals surface area contributed by atoms with Gasteiger partial charge in [0.15, 0.2) is 0 Å². The van der Waals surface area contributed by atoms with Crippen LogP contribution >= 0.6 is 0 Å². The summed E-state index contributed by atoms with van der Waals surface area (Å²) >= 11 is 0. The number of hydrogen-bond donors (Lipinski definition) is 0. The number of hydrogen-bond acceptors (Lipinski definition) is 4. The SMILES string of the molecule is CN(CCS(C)(=O)=O)S(=O)(=O)c1cccc2ccccc12. The normalized spacial score (nSPS) is 12.9. The largest absolute Gasteiger partial charge is 0.243 e. The van der Waals surface area contributed by atoms with Crippen molar-refractivity contribution < 1.29 is 16.8 Å². The second-order valence-corrected chi connectivity index (χ2v) is 9.21. The Balaban J connectivity index is 2.42. The molecule has 7 heteroatoms. The first kappa shape index (κ1) is 15.9. The molecule has 0 atom stereocenters. The smallest absolute Gasteiger partial charge is 0.229 e. The first-order valence-electron chi connectivity index (χ1n) is 6.34. The Bertz CT molecular complexity index is 852. The highest BCUT2D eigenvalue weighted by molar-refractivity contribution is 7.91. The number of sulfone groups is 1. The summed E-state index contributed by atoms with van der Waals surface area (Å²) in [5, 5.41) is 1.46. The minimum absolute atomic E-state index is 0.0651. The van der Waals surface area contributed by atoms with Crippen molar-refractivity contribution in [1.29, 1.82) is 0 Å². The van der Waals surface area contributed by atoms with Gasteiger partial charge >= 0.3 is 0 Å². The summed E-state index contributed by atoms with van der Waals surface area (Å²) < 4.78 is 48.6. The molecule has 21 heavy (non-hydrogen) atoms. The van der Waals surface area contributed by atoms with Crippen molar-refractivity contribution in [3.8, 4) is 0 Å². The topological polar surface area (TPSA) is 71.5 Å². The van der Waals surface area contributed by atoms with Crippen molar-refractivity contribution in [2.45, 2.75) is 4.90 Å². The number of sulfonamides is 1. The molecule has 0 spiro atoms. The predicted octanol–water partition coefficient (Wildman–Crippen LogP) is 1.50. The highest BCUT2D eigenvalue weighted by Gasteiger charge is 2.23. The van der Waals surface area contributed by atoms with Gasteiger partial charge in [0.1, 0.15) is 9.84 Å². The predicted molar refractivity (Wildman–Crippen MR) is 83.5 cm³/mol. The molecule has 2 aromatic carbocycles. The van der Waals surface area contributed by atoms with E-state index in [0.29, 0.717) is 5.39 Å². The first-order chi connectivity index (χ1) is 9.72. The van der Waals surface area contributed by atoms with Crippen LogP contribution in [0.2, 0.25) is 0 Å². The van der Waals surface area contributed by atoms with E-state index in [4.69, 9.17) is 0 Å². The Morgan fingerprint density at radius 1 is 0.952 bits per heavy atom. The molecule has 0 heterocycles. The molecule has 5 nitrogen and oxygen atoms in total. The summed E-state index contributed by atoms with van der Waals surface area (Å²) in [4.78, 5) is 0.191. The molecule has 0 aliphatic heterocycles. The summed E-state index contributed by atoms with van der Waals surface area (Å²) in [7, 11) is -5.54. The van der Waals surface area contributed by atoms with E-state index in [2.05, 4.69) is 0 Å². The van der Waals surface area contributed by atoms with Crippen LogP contribution in [0.25, 0.3) is 10.8 Å². The molecule has 0 fully saturated rings. The number of nitrogens with zero attached hydrogens (tertiary/aromatic N) is 1. The maximum Gasteiger partial charge on any atom is 0.243 e. The zero-order valence-electron chi connectivity index (χ0n) is 11.9. The van der Waals surface area contributed by atoms with Gasteiger partial charge in [-0.3, -0.25) is 0 Å². The molecule has 0 saturated heterocycles. The van der Waals surface area contributed by atoms with Crippen LogP contribution in [-0.2, 0) is 19.9 Å². The van der Waals surface area contributed by atoms with E-state index in [1.54, 1.807) is 18.2 Å². The number of rotatable bonds is 5. The lowest BCUT2D eigenvalue weighted by Gasteiger charge is -2.18. The van der Waals surface area contributed by atoms with Gasteiger partial charge < -0.3 is 0 Å². The molecular formula is C14H17NO4S2. The van der Waals surface area contributed by atoms with Crippen LogP contribution in [0.15, 0.2) is 47.4 Å². The number of fused-ring (bicyclic) bond motifs is 1. The standard InChI is InChI=1S/C14H17NO4S2/c1-15(10-11-20(2,16)17)21(18,19)14-9-5-7-12-6-3-4-8-13(12)14/h3-9H,10-11H2,1-2H3. The van der Waals surface area contributed by atoms with Gasteiger partial charge in [-0.15, -0.1) is 0 Å². The van der Waals surface area contributed by atoms with Crippen molar-refractivity contribution >= 4 is 30.6 Å². The molecule has 0 saturated carbocycles. The molecule has 0 aliphatic carbocycles. The fourth-order valence-electron chi connectivity index (χ4n) is 2.00. The molecule has 114 valence electrons. The zero-order chi connectivity index (χ0) is 15.7. The summed E-state index contributed by atoms with van der Waals surface area (Å²) in [6.07, 6.45) is 1.09.